The Morgan fingerprint density at radius 1 is 1.16 bits per heavy atom. The zero-order valence-electron chi connectivity index (χ0n) is 13.5. The minimum Gasteiger partial charge on any atom is -0.484 e. The minimum absolute atomic E-state index is 0.0606. The van der Waals surface area contributed by atoms with Crippen molar-refractivity contribution < 1.29 is 9.53 Å². The highest BCUT2D eigenvalue weighted by atomic mass is 35.5. The first-order valence-corrected chi connectivity index (χ1v) is 8.27. The molecule has 25 heavy (non-hydrogen) atoms. The van der Waals surface area contributed by atoms with Gasteiger partial charge in [-0.15, -0.1) is 0 Å². The predicted octanol–water partition coefficient (Wildman–Crippen LogP) is 3.47. The molecule has 0 saturated heterocycles. The van der Waals surface area contributed by atoms with Gasteiger partial charge < -0.3 is 14.6 Å². The molecular weight excluding hydrogens is 338 g/mol. The van der Waals surface area contributed by atoms with Gasteiger partial charge in [-0.3, -0.25) is 4.79 Å². The summed E-state index contributed by atoms with van der Waals surface area (Å²) in [6.45, 7) is 0.533. The summed E-state index contributed by atoms with van der Waals surface area (Å²) >= 11 is 5.84. The average Bonchev–Trinajstić information content (AvgIpc) is 3.15. The van der Waals surface area contributed by atoms with Crippen molar-refractivity contribution in [3.05, 3.63) is 83.9 Å². The zero-order valence-corrected chi connectivity index (χ0v) is 14.3. The van der Waals surface area contributed by atoms with Gasteiger partial charge in [-0.1, -0.05) is 41.9 Å². The lowest BCUT2D eigenvalue weighted by atomic mass is 10.1. The van der Waals surface area contributed by atoms with E-state index in [0.717, 1.165) is 5.56 Å². The van der Waals surface area contributed by atoms with Crippen LogP contribution in [0.2, 0.25) is 5.02 Å². The number of halogens is 1. The van der Waals surface area contributed by atoms with Crippen molar-refractivity contribution in [2.24, 2.45) is 0 Å². The Kier molecular flexibility index (Phi) is 5.69. The molecule has 1 N–H and O–H groups in total. The summed E-state index contributed by atoms with van der Waals surface area (Å²) < 4.78 is 7.43. The average molecular weight is 356 g/mol. The Morgan fingerprint density at radius 2 is 1.92 bits per heavy atom. The van der Waals surface area contributed by atoms with Crippen molar-refractivity contribution in [1.29, 1.82) is 0 Å². The fraction of sp³-hybridized carbons (Fsp3) is 0.158. The van der Waals surface area contributed by atoms with Crippen molar-refractivity contribution >= 4 is 17.5 Å². The molecule has 1 aromatic heterocycles. The number of nitrogens with one attached hydrogen (secondary N) is 1. The van der Waals surface area contributed by atoms with E-state index in [-0.39, 0.29) is 18.6 Å². The van der Waals surface area contributed by atoms with Crippen LogP contribution in [0.25, 0.3) is 0 Å². The molecule has 0 unspecified atom stereocenters. The molecular formula is C19H18ClN3O2. The van der Waals surface area contributed by atoms with Gasteiger partial charge in [-0.25, -0.2) is 4.98 Å². The summed E-state index contributed by atoms with van der Waals surface area (Å²) in [6, 6.07) is 16.6. The molecule has 5 nitrogen and oxygen atoms in total. The zero-order chi connectivity index (χ0) is 17.5. The third-order valence-electron chi connectivity index (χ3n) is 3.67. The second-order valence-electron chi connectivity index (χ2n) is 5.53. The standard InChI is InChI=1S/C19H18ClN3O2/c20-16-6-8-17(9-7-16)25-13-19(24)22-18(12-23-11-10-21-14-23)15-4-2-1-3-5-15/h1-11,14,18H,12-13H2,(H,22,24)/t18-/m0/s1. The molecule has 0 radical (unpaired) electrons. The van der Waals surface area contributed by atoms with Crippen LogP contribution in [0.1, 0.15) is 11.6 Å². The Hall–Kier alpha value is -2.79. The largest absolute Gasteiger partial charge is 0.484 e. The quantitative estimate of drug-likeness (QED) is 0.706. The topological polar surface area (TPSA) is 56.1 Å². The van der Waals surface area contributed by atoms with Crippen LogP contribution in [-0.2, 0) is 11.3 Å². The van der Waals surface area contributed by atoms with Crippen molar-refractivity contribution in [3.8, 4) is 5.75 Å². The SMILES string of the molecule is O=C(COc1ccc(Cl)cc1)N[C@@H](Cn1ccnc1)c1ccccc1. The highest BCUT2D eigenvalue weighted by Gasteiger charge is 2.15. The first-order valence-electron chi connectivity index (χ1n) is 7.89. The number of carbonyl (C=O) groups is 1. The molecule has 1 amide bonds. The van der Waals surface area contributed by atoms with E-state index in [9.17, 15) is 4.79 Å². The molecule has 128 valence electrons. The van der Waals surface area contributed by atoms with E-state index in [1.807, 2.05) is 41.1 Å². The molecule has 3 rings (SSSR count). The lowest BCUT2D eigenvalue weighted by Crippen LogP contribution is -2.34. The molecule has 0 spiro atoms. The van der Waals surface area contributed by atoms with E-state index in [0.29, 0.717) is 17.3 Å². The maximum absolute atomic E-state index is 12.3. The van der Waals surface area contributed by atoms with Crippen molar-refractivity contribution in [2.75, 3.05) is 6.61 Å². The Labute approximate surface area is 151 Å². The number of amides is 1. The van der Waals surface area contributed by atoms with Gasteiger partial charge in [0, 0.05) is 24.0 Å². The molecule has 0 aliphatic rings. The van der Waals surface area contributed by atoms with E-state index in [4.69, 9.17) is 16.3 Å². The Morgan fingerprint density at radius 3 is 2.60 bits per heavy atom. The van der Waals surface area contributed by atoms with Crippen LogP contribution in [0.15, 0.2) is 73.3 Å². The van der Waals surface area contributed by atoms with Gasteiger partial charge in [0.15, 0.2) is 6.61 Å². The molecule has 0 fully saturated rings. The van der Waals surface area contributed by atoms with Crippen molar-refractivity contribution in [2.45, 2.75) is 12.6 Å². The lowest BCUT2D eigenvalue weighted by molar-refractivity contribution is -0.124. The second kappa shape index (κ2) is 8.35. The molecule has 0 saturated carbocycles. The number of rotatable bonds is 7. The monoisotopic (exact) mass is 355 g/mol. The third kappa shape index (κ3) is 5.09. The summed E-state index contributed by atoms with van der Waals surface area (Å²) in [5.41, 5.74) is 1.02. The molecule has 6 heteroatoms. The van der Waals surface area contributed by atoms with Crippen LogP contribution in [0.4, 0.5) is 0 Å². The molecule has 0 aliphatic carbocycles. The van der Waals surface area contributed by atoms with Crippen LogP contribution in [0.5, 0.6) is 5.75 Å². The van der Waals surface area contributed by atoms with Crippen LogP contribution in [0, 0.1) is 0 Å². The summed E-state index contributed by atoms with van der Waals surface area (Å²) in [4.78, 5) is 16.4. The first kappa shape index (κ1) is 17.0. The molecule has 0 bridgehead atoms. The Bertz CT molecular complexity index is 789. The third-order valence-corrected chi connectivity index (χ3v) is 3.93. The molecule has 1 heterocycles. The summed E-state index contributed by atoms with van der Waals surface area (Å²) in [6.07, 6.45) is 5.31. The van der Waals surface area contributed by atoms with Gasteiger partial charge in [-0.2, -0.15) is 0 Å². The number of carbonyl (C=O) groups excluding carboxylic acids is 1. The number of hydrogen-bond donors (Lipinski definition) is 1. The van der Waals surface area contributed by atoms with E-state index < -0.39 is 0 Å². The maximum atomic E-state index is 12.3. The van der Waals surface area contributed by atoms with Crippen molar-refractivity contribution in [3.63, 3.8) is 0 Å². The number of aromatic nitrogens is 2. The molecule has 1 atom stereocenters. The van der Waals surface area contributed by atoms with E-state index >= 15 is 0 Å². The summed E-state index contributed by atoms with van der Waals surface area (Å²) in [5.74, 6) is 0.411. The molecule has 2 aromatic carbocycles. The van der Waals surface area contributed by atoms with Crippen LogP contribution in [0.3, 0.4) is 0 Å². The van der Waals surface area contributed by atoms with E-state index in [1.165, 1.54) is 0 Å². The van der Waals surface area contributed by atoms with Crippen LogP contribution >= 0.6 is 11.6 Å². The predicted molar refractivity (Wildman–Crippen MR) is 96.5 cm³/mol. The number of benzene rings is 2. The second-order valence-corrected chi connectivity index (χ2v) is 5.97. The maximum Gasteiger partial charge on any atom is 0.258 e. The smallest absolute Gasteiger partial charge is 0.258 e. The number of hydrogen-bond acceptors (Lipinski definition) is 3. The highest BCUT2D eigenvalue weighted by Crippen LogP contribution is 2.17. The van der Waals surface area contributed by atoms with Gasteiger partial charge in [0.05, 0.1) is 12.4 Å². The fourth-order valence-electron chi connectivity index (χ4n) is 2.44. The number of nitrogens with zero attached hydrogens (tertiary/aromatic N) is 2. The molecule has 3 aromatic rings. The first-order chi connectivity index (χ1) is 12.2. The Balaban J connectivity index is 1.62. The van der Waals surface area contributed by atoms with Crippen LogP contribution in [-0.4, -0.2) is 22.1 Å². The van der Waals surface area contributed by atoms with Gasteiger partial charge in [-0.05, 0) is 29.8 Å². The van der Waals surface area contributed by atoms with Gasteiger partial charge in [0.25, 0.3) is 5.91 Å². The fourth-order valence-corrected chi connectivity index (χ4v) is 2.57. The van der Waals surface area contributed by atoms with Crippen LogP contribution < -0.4 is 10.1 Å². The summed E-state index contributed by atoms with van der Waals surface area (Å²) in [5, 5.41) is 3.64. The number of ether oxygens (including phenoxy) is 1. The number of imidazole rings is 1. The van der Waals surface area contributed by atoms with E-state index in [1.54, 1.807) is 36.8 Å². The van der Waals surface area contributed by atoms with Crippen molar-refractivity contribution in [1.82, 2.24) is 14.9 Å². The van der Waals surface area contributed by atoms with E-state index in [2.05, 4.69) is 10.3 Å². The minimum atomic E-state index is -0.191. The van der Waals surface area contributed by atoms with Gasteiger partial charge in [0.1, 0.15) is 5.75 Å². The summed E-state index contributed by atoms with van der Waals surface area (Å²) in [7, 11) is 0. The van der Waals surface area contributed by atoms with Gasteiger partial charge >= 0.3 is 0 Å². The van der Waals surface area contributed by atoms with Gasteiger partial charge in [0.2, 0.25) is 0 Å². The highest BCUT2D eigenvalue weighted by molar-refractivity contribution is 6.30. The normalized spacial score (nSPS) is 11.7. The lowest BCUT2D eigenvalue weighted by Gasteiger charge is -2.20. The molecule has 0 aliphatic heterocycles.